The maximum absolute atomic E-state index is 12.5. The molecule has 1 N–H and O–H groups in total. The Bertz CT molecular complexity index is 816. The molecule has 26 heavy (non-hydrogen) atoms. The topological polar surface area (TPSA) is 58.6 Å². The van der Waals surface area contributed by atoms with Crippen LogP contribution in [-0.2, 0) is 16.0 Å². The Morgan fingerprint density at radius 1 is 1.15 bits per heavy atom. The highest BCUT2D eigenvalue weighted by Crippen LogP contribution is 2.31. The molecule has 0 aliphatic carbocycles. The van der Waals surface area contributed by atoms with Crippen molar-refractivity contribution in [1.82, 2.24) is 5.32 Å². The minimum Gasteiger partial charge on any atom is -0.493 e. The van der Waals surface area contributed by atoms with Crippen molar-refractivity contribution in [2.75, 3.05) is 18.1 Å². The van der Waals surface area contributed by atoms with Crippen LogP contribution in [0.1, 0.15) is 36.4 Å². The van der Waals surface area contributed by atoms with Gasteiger partial charge in [-0.1, -0.05) is 30.3 Å². The normalized spacial score (nSPS) is 19.0. The van der Waals surface area contributed by atoms with E-state index in [1.165, 1.54) is 0 Å². The zero-order valence-corrected chi connectivity index (χ0v) is 14.6. The third-order valence-electron chi connectivity index (χ3n) is 4.98. The van der Waals surface area contributed by atoms with Crippen molar-refractivity contribution in [1.29, 1.82) is 0 Å². The number of hydrogen-bond acceptors (Lipinski definition) is 3. The number of para-hydroxylation sites is 1. The van der Waals surface area contributed by atoms with E-state index in [2.05, 4.69) is 5.32 Å². The van der Waals surface area contributed by atoms with Crippen molar-refractivity contribution >= 4 is 17.5 Å². The molecular formula is C21H22N2O3. The summed E-state index contributed by atoms with van der Waals surface area (Å²) >= 11 is 0. The lowest BCUT2D eigenvalue weighted by molar-refractivity contribution is -0.121. The van der Waals surface area contributed by atoms with Gasteiger partial charge in [0.1, 0.15) is 5.75 Å². The smallest absolute Gasteiger partial charge is 0.227 e. The van der Waals surface area contributed by atoms with E-state index in [4.69, 9.17) is 4.74 Å². The van der Waals surface area contributed by atoms with Gasteiger partial charge in [0.25, 0.3) is 0 Å². The molecule has 1 saturated heterocycles. The Kier molecular flexibility index (Phi) is 4.61. The molecule has 0 saturated carbocycles. The van der Waals surface area contributed by atoms with Gasteiger partial charge in [-0.15, -0.1) is 0 Å². The standard InChI is InChI=1S/C21H22N2O3/c24-20(22-18-11-13-26-19-5-2-1-4-17(18)19)14-15-7-9-16(10-8-15)23-12-3-6-21(23)25/h1-2,4-5,7-10,18H,3,6,11-14H2,(H,22,24)/t18-/m0/s1. The minimum absolute atomic E-state index is 0.00305. The maximum atomic E-state index is 12.5. The molecule has 2 aromatic rings. The number of rotatable bonds is 4. The van der Waals surface area contributed by atoms with E-state index in [0.717, 1.165) is 42.0 Å². The predicted octanol–water partition coefficient (Wildman–Crippen LogP) is 3.00. The summed E-state index contributed by atoms with van der Waals surface area (Å²) in [5.74, 6) is 1.02. The molecule has 0 spiro atoms. The lowest BCUT2D eigenvalue weighted by atomic mass is 10.00. The van der Waals surface area contributed by atoms with Gasteiger partial charge in [-0.3, -0.25) is 9.59 Å². The number of fused-ring (bicyclic) bond motifs is 1. The van der Waals surface area contributed by atoms with E-state index in [1.54, 1.807) is 0 Å². The highest BCUT2D eigenvalue weighted by atomic mass is 16.5. The van der Waals surface area contributed by atoms with Crippen molar-refractivity contribution in [3.63, 3.8) is 0 Å². The van der Waals surface area contributed by atoms with Gasteiger partial charge >= 0.3 is 0 Å². The lowest BCUT2D eigenvalue weighted by Crippen LogP contribution is -2.33. The molecule has 2 aliphatic heterocycles. The van der Waals surface area contributed by atoms with Crippen LogP contribution in [0.4, 0.5) is 5.69 Å². The molecule has 134 valence electrons. The fourth-order valence-corrected chi connectivity index (χ4v) is 3.64. The summed E-state index contributed by atoms with van der Waals surface area (Å²) in [6.07, 6.45) is 2.64. The molecule has 5 nitrogen and oxygen atoms in total. The van der Waals surface area contributed by atoms with E-state index >= 15 is 0 Å². The average molecular weight is 350 g/mol. The summed E-state index contributed by atoms with van der Waals surface area (Å²) < 4.78 is 5.64. The van der Waals surface area contributed by atoms with E-state index in [1.807, 2.05) is 53.4 Å². The first-order chi connectivity index (χ1) is 12.7. The molecule has 2 aromatic carbocycles. The molecule has 2 heterocycles. The molecule has 4 rings (SSSR count). The second kappa shape index (κ2) is 7.20. The predicted molar refractivity (Wildman–Crippen MR) is 99.2 cm³/mol. The highest BCUT2D eigenvalue weighted by molar-refractivity contribution is 5.95. The number of carbonyl (C=O) groups excluding carboxylic acids is 2. The molecule has 2 amide bonds. The Labute approximate surface area is 153 Å². The van der Waals surface area contributed by atoms with Gasteiger partial charge in [-0.2, -0.15) is 0 Å². The number of nitrogens with zero attached hydrogens (tertiary/aromatic N) is 1. The summed E-state index contributed by atoms with van der Waals surface area (Å²) in [4.78, 5) is 26.1. The fraction of sp³-hybridized carbons (Fsp3) is 0.333. The maximum Gasteiger partial charge on any atom is 0.227 e. The monoisotopic (exact) mass is 350 g/mol. The summed E-state index contributed by atoms with van der Waals surface area (Å²) in [5.41, 5.74) is 2.89. The van der Waals surface area contributed by atoms with E-state index in [9.17, 15) is 9.59 Å². The second-order valence-corrected chi connectivity index (χ2v) is 6.79. The van der Waals surface area contributed by atoms with Crippen LogP contribution < -0.4 is 15.0 Å². The molecule has 0 aromatic heterocycles. The largest absolute Gasteiger partial charge is 0.493 e. The Morgan fingerprint density at radius 3 is 2.73 bits per heavy atom. The molecule has 0 unspecified atom stereocenters. The third kappa shape index (κ3) is 3.43. The number of amides is 2. The number of ether oxygens (including phenoxy) is 1. The van der Waals surface area contributed by atoms with E-state index in [0.29, 0.717) is 19.4 Å². The molecule has 1 atom stereocenters. The van der Waals surface area contributed by atoms with Gasteiger partial charge in [-0.25, -0.2) is 0 Å². The zero-order valence-electron chi connectivity index (χ0n) is 14.6. The van der Waals surface area contributed by atoms with Gasteiger partial charge in [0, 0.05) is 30.6 Å². The van der Waals surface area contributed by atoms with Crippen molar-refractivity contribution in [3.05, 3.63) is 59.7 Å². The van der Waals surface area contributed by atoms with Crippen LogP contribution in [0, 0.1) is 0 Å². The molecule has 1 fully saturated rings. The quantitative estimate of drug-likeness (QED) is 0.922. The van der Waals surface area contributed by atoms with Crippen molar-refractivity contribution in [2.45, 2.75) is 31.7 Å². The SMILES string of the molecule is O=C(Cc1ccc(N2CCCC2=O)cc1)N[C@H]1CCOc2ccccc21. The Balaban J connectivity index is 1.39. The van der Waals surface area contributed by atoms with Crippen LogP contribution in [-0.4, -0.2) is 25.0 Å². The highest BCUT2D eigenvalue weighted by Gasteiger charge is 2.23. The average Bonchev–Trinajstić information content (AvgIpc) is 3.09. The number of anilines is 1. The van der Waals surface area contributed by atoms with Crippen LogP contribution in [0.25, 0.3) is 0 Å². The first-order valence-electron chi connectivity index (χ1n) is 9.11. The Hall–Kier alpha value is -2.82. The van der Waals surface area contributed by atoms with Gasteiger partial charge in [0.05, 0.1) is 19.1 Å². The lowest BCUT2D eigenvalue weighted by Gasteiger charge is -2.26. The third-order valence-corrected chi connectivity index (χ3v) is 4.98. The summed E-state index contributed by atoms with van der Waals surface area (Å²) in [5, 5.41) is 3.12. The van der Waals surface area contributed by atoms with Gasteiger partial charge in [0.2, 0.25) is 11.8 Å². The van der Waals surface area contributed by atoms with Crippen molar-refractivity contribution in [2.24, 2.45) is 0 Å². The first kappa shape index (κ1) is 16.6. The molecule has 2 aliphatic rings. The summed E-state index contributed by atoms with van der Waals surface area (Å²) in [6.45, 7) is 1.39. The summed E-state index contributed by atoms with van der Waals surface area (Å²) in [7, 11) is 0. The van der Waals surface area contributed by atoms with Crippen LogP contribution in [0.15, 0.2) is 48.5 Å². The molecule has 0 bridgehead atoms. The Morgan fingerprint density at radius 2 is 1.96 bits per heavy atom. The van der Waals surface area contributed by atoms with Crippen LogP contribution in [0.2, 0.25) is 0 Å². The van der Waals surface area contributed by atoms with Crippen molar-refractivity contribution < 1.29 is 14.3 Å². The number of carbonyl (C=O) groups is 2. The fourth-order valence-electron chi connectivity index (χ4n) is 3.64. The number of hydrogen-bond donors (Lipinski definition) is 1. The van der Waals surface area contributed by atoms with Gasteiger partial charge < -0.3 is 15.0 Å². The molecule has 0 radical (unpaired) electrons. The van der Waals surface area contributed by atoms with Crippen LogP contribution in [0.3, 0.4) is 0 Å². The minimum atomic E-state index is -0.00561. The molecular weight excluding hydrogens is 328 g/mol. The van der Waals surface area contributed by atoms with Gasteiger partial charge in [0.15, 0.2) is 0 Å². The first-order valence-corrected chi connectivity index (χ1v) is 9.11. The van der Waals surface area contributed by atoms with Crippen LogP contribution in [0.5, 0.6) is 5.75 Å². The number of benzene rings is 2. The zero-order chi connectivity index (χ0) is 17.9. The molecule has 5 heteroatoms. The van der Waals surface area contributed by atoms with E-state index in [-0.39, 0.29) is 17.9 Å². The van der Waals surface area contributed by atoms with Crippen LogP contribution >= 0.6 is 0 Å². The van der Waals surface area contributed by atoms with Gasteiger partial charge in [-0.05, 0) is 30.2 Å². The van der Waals surface area contributed by atoms with Crippen molar-refractivity contribution in [3.8, 4) is 5.75 Å². The second-order valence-electron chi connectivity index (χ2n) is 6.79. The van der Waals surface area contributed by atoms with E-state index < -0.39 is 0 Å². The summed E-state index contributed by atoms with van der Waals surface area (Å²) in [6, 6.07) is 15.5. The number of nitrogens with one attached hydrogen (secondary N) is 1.